The lowest BCUT2D eigenvalue weighted by atomic mass is 9.78. The fourth-order valence-corrected chi connectivity index (χ4v) is 6.41. The van der Waals surface area contributed by atoms with Crippen LogP contribution in [0.2, 0.25) is 0 Å². The molecule has 0 aromatic rings. The van der Waals surface area contributed by atoms with Gasteiger partial charge in [-0.15, -0.1) is 6.42 Å². The van der Waals surface area contributed by atoms with Gasteiger partial charge in [0.2, 0.25) is 11.8 Å². The number of ketones is 2. The molecule has 0 aromatic carbocycles. The minimum absolute atomic E-state index is 0.0129. The average molecular weight is 1290 g/mol. The van der Waals surface area contributed by atoms with Crippen molar-refractivity contribution in [3.8, 4) is 237 Å². The molecule has 97 heavy (non-hydrogen) atoms. The van der Waals surface area contributed by atoms with E-state index in [0.29, 0.717) is 73.3 Å². The number of hydrogen-bond acceptors (Lipinski definition) is 5. The van der Waals surface area contributed by atoms with Crippen LogP contribution in [-0.2, 0) is 23.9 Å². The molecule has 2 N–H and O–H groups in total. The molecule has 0 atom stereocenters. The van der Waals surface area contributed by atoms with Crippen LogP contribution < -0.4 is 10.6 Å². The molecule has 0 aliphatic heterocycles. The van der Waals surface area contributed by atoms with E-state index in [-0.39, 0.29) is 45.0 Å². The van der Waals surface area contributed by atoms with Crippen molar-refractivity contribution in [2.45, 2.75) is 231 Å². The van der Waals surface area contributed by atoms with Gasteiger partial charge in [-0.2, -0.15) is 0 Å². The molecule has 0 heterocycles. The highest BCUT2D eigenvalue weighted by Gasteiger charge is 2.21. The Bertz CT molecular complexity index is 3850. The highest BCUT2D eigenvalue weighted by atomic mass is 16.5. The van der Waals surface area contributed by atoms with E-state index >= 15 is 0 Å². The number of nitrogens with one attached hydrogen (secondary N) is 2. The summed E-state index contributed by atoms with van der Waals surface area (Å²) in [4.78, 5) is 46.2. The Kier molecular flexibility index (Phi) is 54.8. The summed E-state index contributed by atoms with van der Waals surface area (Å²) in [5.41, 5.74) is 1.98. The van der Waals surface area contributed by atoms with Crippen LogP contribution in [0.5, 0.6) is 0 Å². The lowest BCUT2D eigenvalue weighted by molar-refractivity contribution is -0.126. The third-order valence-electron chi connectivity index (χ3n) is 9.85. The monoisotopic (exact) mass is 1290 g/mol. The molecule has 0 bridgehead atoms. The van der Waals surface area contributed by atoms with Crippen molar-refractivity contribution in [3.05, 3.63) is 0 Å². The Labute approximate surface area is 592 Å². The van der Waals surface area contributed by atoms with Crippen LogP contribution in [0.15, 0.2) is 0 Å². The Morgan fingerprint density at radius 3 is 0.639 bits per heavy atom. The summed E-state index contributed by atoms with van der Waals surface area (Å²) in [6, 6.07) is 0. The van der Waals surface area contributed by atoms with Gasteiger partial charge in [-0.3, -0.25) is 19.2 Å². The first kappa shape index (κ1) is 95.1. The number of terminal acetylenes is 1. The van der Waals surface area contributed by atoms with E-state index in [9.17, 15) is 19.2 Å². The molecular formula is C90H104N2O5. The minimum Gasteiger partial charge on any atom is -0.381 e. The summed E-state index contributed by atoms with van der Waals surface area (Å²) < 4.78 is 5.59. The second-order valence-corrected chi connectivity index (χ2v) is 30.8. The van der Waals surface area contributed by atoms with Gasteiger partial charge in [-0.05, 0) is 164 Å². The number of amides is 2. The molecule has 0 aliphatic carbocycles. The number of carbonyl (C=O) groups is 4. The van der Waals surface area contributed by atoms with Crippen LogP contribution >= 0.6 is 0 Å². The Balaban J connectivity index is -0.000000413. The van der Waals surface area contributed by atoms with Crippen molar-refractivity contribution in [1.29, 1.82) is 0 Å². The predicted octanol–water partition coefficient (Wildman–Crippen LogP) is 13.9. The van der Waals surface area contributed by atoms with Gasteiger partial charge in [0.25, 0.3) is 0 Å². The summed E-state index contributed by atoms with van der Waals surface area (Å²) in [5, 5.41) is 5.70. The molecule has 0 saturated carbocycles. The first-order chi connectivity index (χ1) is 44.8. The standard InChI is InChI=1S/C41H4.2C14H27NO2.C12H26O.C9H20/c1-3-5-7-9-11-13-15-17-19-21-23-25-27-29-31-33-35-37-39-41-40-38-36-34-32-30-28-26-24-22-20-18-16-14-12-10-8-6-4-2;2*1-13(2,3)9-11(16)7-8-12(17)15-10-14(4,5)6;1-11(2,3)7-9-13-10-8-12(4,5)6;1-8(2,3)7-9(4,5)6/h1H,2H3;2*7-10H2,1-6H3,(H,15,17);7-10H2,1-6H3;7H2,1-6H3. The molecule has 2 amide bonds. The number of ether oxygens (including phenoxy) is 1. The Morgan fingerprint density at radius 2 is 0.485 bits per heavy atom. The summed E-state index contributed by atoms with van der Waals surface area (Å²) in [6.07, 6.45) is 10.9. The molecule has 0 radical (unpaired) electrons. The summed E-state index contributed by atoms with van der Waals surface area (Å²) >= 11 is 0. The maximum absolute atomic E-state index is 11.6. The number of Topliss-reactive ketones (excluding diaryl/α,β-unsaturated/α-hetero) is 2. The molecule has 0 spiro atoms. The van der Waals surface area contributed by atoms with Crippen LogP contribution in [0.25, 0.3) is 0 Å². The second kappa shape index (κ2) is 55.9. The average Bonchev–Trinajstić information content (AvgIpc) is 2.51. The van der Waals surface area contributed by atoms with Gasteiger partial charge in [-0.25, -0.2) is 0 Å². The molecule has 0 fully saturated rings. The van der Waals surface area contributed by atoms with E-state index in [1.54, 1.807) is 6.92 Å². The quantitative estimate of drug-likeness (QED) is 0.133. The van der Waals surface area contributed by atoms with Crippen LogP contribution in [-0.4, -0.2) is 49.7 Å². The van der Waals surface area contributed by atoms with E-state index in [2.05, 4.69) is 366 Å². The minimum atomic E-state index is -0.0258. The Morgan fingerprint density at radius 1 is 0.278 bits per heavy atom. The number of hydrogen-bond donors (Lipinski definition) is 2. The number of rotatable bonds is 14. The molecule has 504 valence electrons. The third kappa shape index (κ3) is 105. The van der Waals surface area contributed by atoms with Crippen LogP contribution in [0.1, 0.15) is 231 Å². The largest absolute Gasteiger partial charge is 0.381 e. The zero-order valence-corrected chi connectivity index (χ0v) is 63.3. The molecule has 0 saturated heterocycles. The lowest BCUT2D eigenvalue weighted by Crippen LogP contribution is -2.32. The molecular weight excluding hydrogens is 1190 g/mol. The molecule has 7 nitrogen and oxygen atoms in total. The van der Waals surface area contributed by atoms with E-state index in [0.717, 1.165) is 26.1 Å². The van der Waals surface area contributed by atoms with Crippen molar-refractivity contribution in [3.63, 3.8) is 0 Å². The lowest BCUT2D eigenvalue weighted by Gasteiger charge is -2.28. The maximum atomic E-state index is 11.6. The summed E-state index contributed by atoms with van der Waals surface area (Å²) in [5.74, 6) is 97.2. The van der Waals surface area contributed by atoms with Crippen molar-refractivity contribution < 1.29 is 23.9 Å². The van der Waals surface area contributed by atoms with Crippen molar-refractivity contribution >= 4 is 23.4 Å². The Hall–Kier alpha value is -10.6. The fourth-order valence-electron chi connectivity index (χ4n) is 6.41. The first-order valence-corrected chi connectivity index (χ1v) is 31.8. The fraction of sp³-hybridized carbons (Fsp3) is 0.511. The highest BCUT2D eigenvalue weighted by molar-refractivity contribution is 5.86. The van der Waals surface area contributed by atoms with Gasteiger partial charge in [-0.1, -0.05) is 172 Å². The van der Waals surface area contributed by atoms with E-state index in [1.807, 2.05) is 41.5 Å². The normalized spacial score (nSPS) is 9.07. The first-order valence-electron chi connectivity index (χ1n) is 31.8. The van der Waals surface area contributed by atoms with Gasteiger partial charge < -0.3 is 15.4 Å². The summed E-state index contributed by atoms with van der Waals surface area (Å²) in [6.45, 7) is 56.6. The smallest absolute Gasteiger partial charge is 0.220 e. The predicted molar refractivity (Wildman–Crippen MR) is 406 cm³/mol. The van der Waals surface area contributed by atoms with Gasteiger partial charge >= 0.3 is 0 Å². The molecule has 0 aliphatic rings. The van der Waals surface area contributed by atoms with Gasteiger partial charge in [0.05, 0.1) is 0 Å². The topological polar surface area (TPSA) is 102 Å². The highest BCUT2D eigenvalue weighted by Crippen LogP contribution is 2.32. The maximum Gasteiger partial charge on any atom is 0.220 e. The van der Waals surface area contributed by atoms with Gasteiger partial charge in [0.15, 0.2) is 0 Å². The van der Waals surface area contributed by atoms with Crippen LogP contribution in [0, 0.1) is 281 Å². The van der Waals surface area contributed by atoms with Crippen LogP contribution in [0.4, 0.5) is 0 Å². The van der Waals surface area contributed by atoms with E-state index in [1.165, 1.54) is 6.42 Å². The number of carbonyl (C=O) groups excluding carboxylic acids is 4. The van der Waals surface area contributed by atoms with Crippen molar-refractivity contribution in [2.24, 2.45) is 43.3 Å². The second-order valence-electron chi connectivity index (χ2n) is 30.8. The zero-order chi connectivity index (χ0) is 75.2. The van der Waals surface area contributed by atoms with E-state index in [4.69, 9.17) is 11.2 Å². The summed E-state index contributed by atoms with van der Waals surface area (Å²) in [7, 11) is 0. The SMILES string of the molecule is C#CC#CC#CC#CC#CC#CC#CC#CC#CC#CC#CC#CC#CC#CC#CC#CC#CC#CC#CC#CC.CC(C)(C)CC(C)(C)C.CC(C)(C)CCOCCC(C)(C)C.CC(C)(C)CNC(=O)CCC(=O)CC(C)(C)C.CC(C)(C)CNC(=O)CCC(=O)CC(C)(C)C. The third-order valence-corrected chi connectivity index (χ3v) is 9.85. The molecule has 0 unspecified atom stereocenters. The van der Waals surface area contributed by atoms with Gasteiger partial charge in [0, 0.05) is 195 Å². The zero-order valence-electron chi connectivity index (χ0n) is 63.3. The molecule has 7 heteroatoms. The molecule has 0 aromatic heterocycles. The van der Waals surface area contributed by atoms with Crippen molar-refractivity contribution in [2.75, 3.05) is 26.3 Å². The molecule has 0 rings (SSSR count). The van der Waals surface area contributed by atoms with Gasteiger partial charge in [0.1, 0.15) is 11.6 Å². The van der Waals surface area contributed by atoms with Crippen molar-refractivity contribution in [1.82, 2.24) is 10.6 Å². The van der Waals surface area contributed by atoms with E-state index < -0.39 is 0 Å². The van der Waals surface area contributed by atoms with Crippen LogP contribution in [0.3, 0.4) is 0 Å².